The van der Waals surface area contributed by atoms with E-state index in [1.165, 1.54) is 6.33 Å². The summed E-state index contributed by atoms with van der Waals surface area (Å²) in [6.45, 7) is 4.06. The maximum absolute atomic E-state index is 11.4. The van der Waals surface area contributed by atoms with Gasteiger partial charge in [-0.05, 0) is 26.0 Å². The van der Waals surface area contributed by atoms with Gasteiger partial charge in [-0.1, -0.05) is 6.07 Å². The maximum atomic E-state index is 11.4. The Morgan fingerprint density at radius 3 is 2.74 bits per heavy atom. The van der Waals surface area contributed by atoms with Crippen molar-refractivity contribution in [3.63, 3.8) is 0 Å². The van der Waals surface area contributed by atoms with E-state index < -0.39 is 4.92 Å². The minimum atomic E-state index is -0.528. The zero-order valence-electron chi connectivity index (χ0n) is 13.1. The number of nitrogens with one attached hydrogen (secondary N) is 2. The van der Waals surface area contributed by atoms with Crippen LogP contribution in [-0.2, 0) is 4.74 Å². The number of aryl methyl sites for hydroxylation is 1. The van der Waals surface area contributed by atoms with E-state index in [1.54, 1.807) is 19.2 Å². The fourth-order valence-electron chi connectivity index (χ4n) is 2.01. The maximum Gasteiger partial charge on any atom is 0.353 e. The number of aromatic nitrogens is 3. The van der Waals surface area contributed by atoms with E-state index in [2.05, 4.69) is 25.6 Å². The predicted octanol–water partition coefficient (Wildman–Crippen LogP) is 2.28. The highest BCUT2D eigenvalue weighted by molar-refractivity contribution is 5.72. The summed E-state index contributed by atoms with van der Waals surface area (Å²) >= 11 is 0. The molecular weight excluding hydrogens is 300 g/mol. The summed E-state index contributed by atoms with van der Waals surface area (Å²) in [7, 11) is 1.56. The van der Waals surface area contributed by atoms with Crippen LogP contribution in [0.25, 0.3) is 0 Å². The molecule has 0 bridgehead atoms. The number of nitrogens with zero attached hydrogens (tertiary/aromatic N) is 4. The van der Waals surface area contributed by atoms with Crippen molar-refractivity contribution in [3.8, 4) is 0 Å². The molecule has 23 heavy (non-hydrogen) atoms. The van der Waals surface area contributed by atoms with Crippen molar-refractivity contribution < 1.29 is 9.66 Å². The summed E-state index contributed by atoms with van der Waals surface area (Å²) in [5.41, 5.74) is 0.553. The lowest BCUT2D eigenvalue weighted by Gasteiger charge is -2.14. The van der Waals surface area contributed by atoms with E-state index in [0.29, 0.717) is 12.4 Å². The molecular formula is C14H18N6O3. The Morgan fingerprint density at radius 1 is 1.35 bits per heavy atom. The third kappa shape index (κ3) is 4.33. The van der Waals surface area contributed by atoms with E-state index in [-0.39, 0.29) is 23.4 Å². The summed E-state index contributed by atoms with van der Waals surface area (Å²) in [6.07, 6.45) is 1.26. The lowest BCUT2D eigenvalue weighted by Crippen LogP contribution is -2.22. The third-order valence-corrected chi connectivity index (χ3v) is 2.94. The Hall–Kier alpha value is -2.81. The monoisotopic (exact) mass is 318 g/mol. The molecule has 0 fully saturated rings. The fraction of sp³-hybridized carbons (Fsp3) is 0.357. The average molecular weight is 318 g/mol. The largest absolute Gasteiger partial charge is 0.383 e. The van der Waals surface area contributed by atoms with Crippen molar-refractivity contribution in [2.45, 2.75) is 19.9 Å². The molecule has 2 rings (SSSR count). The number of pyridine rings is 1. The number of ether oxygens (including phenoxy) is 1. The van der Waals surface area contributed by atoms with Crippen LogP contribution >= 0.6 is 0 Å². The molecule has 0 amide bonds. The van der Waals surface area contributed by atoms with Gasteiger partial charge in [0.05, 0.1) is 11.5 Å². The van der Waals surface area contributed by atoms with Crippen LogP contribution in [0.15, 0.2) is 24.5 Å². The lowest BCUT2D eigenvalue weighted by molar-refractivity contribution is -0.383. The second-order valence-corrected chi connectivity index (χ2v) is 4.97. The second-order valence-electron chi connectivity index (χ2n) is 4.97. The molecule has 0 radical (unpaired) electrons. The number of rotatable bonds is 7. The Kier molecular flexibility index (Phi) is 5.36. The highest BCUT2D eigenvalue weighted by Crippen LogP contribution is 2.31. The summed E-state index contributed by atoms with van der Waals surface area (Å²) in [5.74, 6) is 0.683. The van der Waals surface area contributed by atoms with Crippen molar-refractivity contribution in [1.29, 1.82) is 0 Å². The van der Waals surface area contributed by atoms with Crippen LogP contribution in [0.2, 0.25) is 0 Å². The van der Waals surface area contributed by atoms with Crippen LogP contribution in [0.1, 0.15) is 12.6 Å². The van der Waals surface area contributed by atoms with Gasteiger partial charge in [-0.2, -0.15) is 0 Å². The van der Waals surface area contributed by atoms with Gasteiger partial charge >= 0.3 is 5.69 Å². The van der Waals surface area contributed by atoms with Crippen LogP contribution in [0.4, 0.5) is 23.1 Å². The first-order valence-electron chi connectivity index (χ1n) is 6.96. The van der Waals surface area contributed by atoms with Crippen LogP contribution in [0, 0.1) is 17.0 Å². The first-order chi connectivity index (χ1) is 11.0. The smallest absolute Gasteiger partial charge is 0.353 e. The van der Waals surface area contributed by atoms with Crippen molar-refractivity contribution >= 4 is 23.1 Å². The van der Waals surface area contributed by atoms with E-state index >= 15 is 0 Å². The van der Waals surface area contributed by atoms with Crippen molar-refractivity contribution in [2.75, 3.05) is 24.4 Å². The number of nitro groups is 1. The highest BCUT2D eigenvalue weighted by atomic mass is 16.6. The van der Waals surface area contributed by atoms with Gasteiger partial charge in [-0.3, -0.25) is 10.1 Å². The van der Waals surface area contributed by atoms with Gasteiger partial charge in [0.15, 0.2) is 0 Å². The molecule has 0 spiro atoms. The highest BCUT2D eigenvalue weighted by Gasteiger charge is 2.24. The quantitative estimate of drug-likeness (QED) is 0.590. The van der Waals surface area contributed by atoms with E-state index in [9.17, 15) is 10.1 Å². The molecule has 0 saturated carbocycles. The SMILES string of the molecule is COCC(C)Nc1ncnc(Nc2cccc(C)n2)c1[N+](=O)[O-]. The number of hydrogen-bond donors (Lipinski definition) is 2. The van der Waals surface area contributed by atoms with Gasteiger partial charge < -0.3 is 15.4 Å². The molecule has 2 heterocycles. The Balaban J connectivity index is 2.34. The average Bonchev–Trinajstić information content (AvgIpc) is 2.47. The van der Waals surface area contributed by atoms with Gasteiger partial charge in [0.2, 0.25) is 11.6 Å². The molecule has 0 aromatic carbocycles. The van der Waals surface area contributed by atoms with E-state index in [0.717, 1.165) is 5.69 Å². The molecule has 9 nitrogen and oxygen atoms in total. The fourth-order valence-corrected chi connectivity index (χ4v) is 2.01. The lowest BCUT2D eigenvalue weighted by atomic mass is 10.3. The van der Waals surface area contributed by atoms with Crippen LogP contribution in [-0.4, -0.2) is 39.6 Å². The molecule has 2 N–H and O–H groups in total. The Bertz CT molecular complexity index is 694. The van der Waals surface area contributed by atoms with Gasteiger partial charge in [0.1, 0.15) is 12.1 Å². The molecule has 0 aliphatic carbocycles. The first-order valence-corrected chi connectivity index (χ1v) is 6.96. The Morgan fingerprint density at radius 2 is 2.09 bits per heavy atom. The molecule has 1 unspecified atom stereocenters. The summed E-state index contributed by atoms with van der Waals surface area (Å²) < 4.78 is 5.01. The molecule has 0 saturated heterocycles. The molecule has 2 aromatic heterocycles. The van der Waals surface area contributed by atoms with Crippen molar-refractivity contribution in [3.05, 3.63) is 40.3 Å². The third-order valence-electron chi connectivity index (χ3n) is 2.94. The molecule has 0 aliphatic rings. The van der Waals surface area contributed by atoms with Gasteiger partial charge in [0.25, 0.3) is 0 Å². The molecule has 9 heteroatoms. The second kappa shape index (κ2) is 7.45. The number of methoxy groups -OCH3 is 1. The zero-order valence-corrected chi connectivity index (χ0v) is 13.1. The van der Waals surface area contributed by atoms with Gasteiger partial charge in [-0.25, -0.2) is 15.0 Å². The van der Waals surface area contributed by atoms with Gasteiger partial charge in [0, 0.05) is 18.8 Å². The number of anilines is 3. The predicted molar refractivity (Wildman–Crippen MR) is 85.9 cm³/mol. The molecule has 0 aliphatic heterocycles. The minimum Gasteiger partial charge on any atom is -0.383 e. The normalized spacial score (nSPS) is 11.8. The molecule has 1 atom stereocenters. The Labute approximate surface area is 133 Å². The first kappa shape index (κ1) is 16.6. The van der Waals surface area contributed by atoms with Gasteiger partial charge in [-0.15, -0.1) is 0 Å². The van der Waals surface area contributed by atoms with Crippen molar-refractivity contribution in [2.24, 2.45) is 0 Å². The van der Waals surface area contributed by atoms with E-state index in [4.69, 9.17) is 4.74 Å². The van der Waals surface area contributed by atoms with Crippen LogP contribution in [0.5, 0.6) is 0 Å². The van der Waals surface area contributed by atoms with Crippen LogP contribution in [0.3, 0.4) is 0 Å². The molecule has 122 valence electrons. The number of hydrogen-bond acceptors (Lipinski definition) is 8. The van der Waals surface area contributed by atoms with Crippen molar-refractivity contribution in [1.82, 2.24) is 15.0 Å². The topological polar surface area (TPSA) is 115 Å². The standard InChI is InChI=1S/C14H18N6O3/c1-9-5-4-6-11(17-9)19-14-12(20(21)22)13(15-8-16-14)18-10(2)7-23-3/h4-6,8,10H,7H2,1-3H3,(H2,15,16,17,18,19). The van der Waals surface area contributed by atoms with E-state index in [1.807, 2.05) is 19.9 Å². The summed E-state index contributed by atoms with van der Waals surface area (Å²) in [5, 5.41) is 17.3. The molecule has 2 aromatic rings. The van der Waals surface area contributed by atoms with Crippen LogP contribution < -0.4 is 10.6 Å². The minimum absolute atomic E-state index is 0.0789. The summed E-state index contributed by atoms with van der Waals surface area (Å²) in [6, 6.07) is 5.20. The summed E-state index contributed by atoms with van der Waals surface area (Å²) in [4.78, 5) is 23.1. The zero-order chi connectivity index (χ0) is 16.8.